The first-order valence-corrected chi connectivity index (χ1v) is 38.7. The van der Waals surface area contributed by atoms with E-state index in [2.05, 4.69) is 55.4 Å². The van der Waals surface area contributed by atoms with Gasteiger partial charge >= 0.3 is 39.5 Å². The molecule has 0 spiro atoms. The van der Waals surface area contributed by atoms with E-state index < -0.39 is 97.5 Å². The third-order valence-corrected chi connectivity index (χ3v) is 18.1. The molecule has 0 aromatic carbocycles. The van der Waals surface area contributed by atoms with E-state index in [1.807, 2.05) is 0 Å². The van der Waals surface area contributed by atoms with Gasteiger partial charge < -0.3 is 33.8 Å². The van der Waals surface area contributed by atoms with Gasteiger partial charge in [0.2, 0.25) is 0 Å². The highest BCUT2D eigenvalue weighted by atomic mass is 31.2. The normalized spacial score (nSPS) is 14.6. The zero-order valence-corrected chi connectivity index (χ0v) is 59.1. The third-order valence-electron chi connectivity index (χ3n) is 16.2. The Morgan fingerprint density at radius 1 is 0.318 bits per heavy atom. The highest BCUT2D eigenvalue weighted by Crippen LogP contribution is 2.45. The van der Waals surface area contributed by atoms with Crippen LogP contribution in [0.2, 0.25) is 0 Å². The summed E-state index contributed by atoms with van der Waals surface area (Å²) in [5, 5.41) is 10.6. The van der Waals surface area contributed by atoms with Crippen molar-refractivity contribution in [2.45, 2.75) is 356 Å². The summed E-state index contributed by atoms with van der Waals surface area (Å²) in [5.74, 6) is 0.777. The van der Waals surface area contributed by atoms with Crippen molar-refractivity contribution >= 4 is 39.5 Å². The molecule has 88 heavy (non-hydrogen) atoms. The van der Waals surface area contributed by atoms with Crippen LogP contribution >= 0.6 is 15.6 Å². The molecule has 17 nitrogen and oxygen atoms in total. The summed E-state index contributed by atoms with van der Waals surface area (Å²) < 4.78 is 68.1. The van der Waals surface area contributed by atoms with Crippen molar-refractivity contribution in [3.05, 3.63) is 0 Å². The van der Waals surface area contributed by atoms with Gasteiger partial charge in [0.15, 0.2) is 12.2 Å². The number of carbonyl (C=O) groups excluding carboxylic acids is 4. The van der Waals surface area contributed by atoms with Crippen molar-refractivity contribution in [3.8, 4) is 0 Å². The predicted octanol–water partition coefficient (Wildman–Crippen LogP) is 19.3. The molecule has 6 atom stereocenters. The van der Waals surface area contributed by atoms with E-state index in [0.717, 1.165) is 115 Å². The monoisotopic (exact) mass is 1300 g/mol. The van der Waals surface area contributed by atoms with Crippen LogP contribution in [-0.4, -0.2) is 96.7 Å². The van der Waals surface area contributed by atoms with Crippen molar-refractivity contribution in [2.75, 3.05) is 39.6 Å². The minimum atomic E-state index is -4.95. The van der Waals surface area contributed by atoms with Gasteiger partial charge in [0.05, 0.1) is 26.4 Å². The van der Waals surface area contributed by atoms with Crippen LogP contribution in [0, 0.1) is 23.7 Å². The number of aliphatic hydroxyl groups excluding tert-OH is 1. The standard InChI is InChI=1S/C69H134O17P2/c1-9-62(8)48-40-32-26-28-36-44-52-69(74)86-65(55-79-66(71)49-41-33-24-20-22-30-38-46-60(4)5)58-84-88(77,78)82-54-63(70)53-81-87(75,76)83-57-64(56-80-67(72)50-42-34-27-25-31-39-47-61(6)7)85-68(73)51-43-35-23-19-17-15-13-11-10-12-14-16-18-21-29-37-45-59(2)3/h59-65,70H,9-58H2,1-8H3,(H,75,76)(H,77,78)/t62?,63?,64-,65-/m1/s1. The van der Waals surface area contributed by atoms with Crippen LogP contribution in [0.5, 0.6) is 0 Å². The summed E-state index contributed by atoms with van der Waals surface area (Å²) in [4.78, 5) is 72.4. The molecule has 4 unspecified atom stereocenters. The van der Waals surface area contributed by atoms with E-state index >= 15 is 0 Å². The quantitative estimate of drug-likeness (QED) is 0.0222. The van der Waals surface area contributed by atoms with E-state index in [0.29, 0.717) is 37.5 Å². The molecule has 0 saturated heterocycles. The number of esters is 4. The van der Waals surface area contributed by atoms with Crippen LogP contribution in [0.3, 0.4) is 0 Å². The van der Waals surface area contributed by atoms with Crippen molar-refractivity contribution in [2.24, 2.45) is 23.7 Å². The van der Waals surface area contributed by atoms with E-state index in [1.165, 1.54) is 128 Å². The summed E-state index contributed by atoms with van der Waals surface area (Å²) in [7, 11) is -9.90. The Bertz CT molecular complexity index is 1750. The Morgan fingerprint density at radius 2 is 0.545 bits per heavy atom. The van der Waals surface area contributed by atoms with Gasteiger partial charge in [0.25, 0.3) is 0 Å². The maximum atomic E-state index is 13.0. The molecule has 0 bridgehead atoms. The number of ether oxygens (including phenoxy) is 4. The molecule has 3 N–H and O–H groups in total. The van der Waals surface area contributed by atoms with Gasteiger partial charge in [-0.15, -0.1) is 0 Å². The third kappa shape index (κ3) is 61.6. The second kappa shape index (κ2) is 58.8. The number of phosphoric ester groups is 2. The molecular formula is C69H134O17P2. The number of aliphatic hydroxyl groups is 1. The smallest absolute Gasteiger partial charge is 0.462 e. The fourth-order valence-electron chi connectivity index (χ4n) is 10.3. The molecule has 0 aliphatic carbocycles. The summed E-state index contributed by atoms with van der Waals surface area (Å²) >= 11 is 0. The van der Waals surface area contributed by atoms with E-state index in [9.17, 15) is 43.2 Å². The SMILES string of the molecule is CCC(C)CCCCCCCCC(=O)O[C@H](COC(=O)CCCCCCCCCC(C)C)COP(=O)(O)OCC(O)COP(=O)(O)OC[C@@H](COC(=O)CCCCCCCCC(C)C)OC(=O)CCCCCCCCCCCCCCCCCCC(C)C. The number of phosphoric acid groups is 2. The minimum absolute atomic E-state index is 0.102. The van der Waals surface area contributed by atoms with Crippen molar-refractivity contribution in [1.82, 2.24) is 0 Å². The van der Waals surface area contributed by atoms with Crippen LogP contribution in [0.15, 0.2) is 0 Å². The molecule has 0 rings (SSSR count). The van der Waals surface area contributed by atoms with Crippen LogP contribution in [0.1, 0.15) is 338 Å². The lowest BCUT2D eigenvalue weighted by Gasteiger charge is -2.21. The summed E-state index contributed by atoms with van der Waals surface area (Å²) in [6.45, 7) is 14.0. The summed E-state index contributed by atoms with van der Waals surface area (Å²) in [6, 6.07) is 0. The van der Waals surface area contributed by atoms with E-state index in [-0.39, 0.29) is 25.7 Å². The van der Waals surface area contributed by atoms with E-state index in [1.54, 1.807) is 0 Å². The molecule has 0 aliphatic rings. The second-order valence-electron chi connectivity index (χ2n) is 26.6. The first kappa shape index (κ1) is 86.1. The van der Waals surface area contributed by atoms with Crippen molar-refractivity contribution < 1.29 is 80.2 Å². The average Bonchev–Trinajstić information content (AvgIpc) is 3.69. The predicted molar refractivity (Wildman–Crippen MR) is 354 cm³/mol. The van der Waals surface area contributed by atoms with Crippen LogP contribution in [0.4, 0.5) is 0 Å². The maximum absolute atomic E-state index is 13.0. The number of rotatable bonds is 66. The van der Waals surface area contributed by atoms with Gasteiger partial charge in [0.1, 0.15) is 19.3 Å². The van der Waals surface area contributed by atoms with Crippen LogP contribution in [0.25, 0.3) is 0 Å². The molecular weight excluding hydrogens is 1160 g/mol. The topological polar surface area (TPSA) is 237 Å². The molecule has 0 aliphatic heterocycles. The number of hydrogen-bond donors (Lipinski definition) is 3. The van der Waals surface area contributed by atoms with Gasteiger partial charge in [-0.25, -0.2) is 9.13 Å². The highest BCUT2D eigenvalue weighted by molar-refractivity contribution is 7.47. The van der Waals surface area contributed by atoms with E-state index in [4.69, 9.17) is 37.0 Å². The lowest BCUT2D eigenvalue weighted by Crippen LogP contribution is -2.30. The number of hydrogen-bond acceptors (Lipinski definition) is 15. The Morgan fingerprint density at radius 3 is 0.807 bits per heavy atom. The molecule has 0 aromatic rings. The van der Waals surface area contributed by atoms with Gasteiger partial charge in [-0.3, -0.25) is 37.3 Å². The maximum Gasteiger partial charge on any atom is 0.472 e. The molecule has 0 amide bonds. The summed E-state index contributed by atoms with van der Waals surface area (Å²) in [5.41, 5.74) is 0. The molecule has 522 valence electrons. The lowest BCUT2D eigenvalue weighted by molar-refractivity contribution is -0.161. The zero-order valence-electron chi connectivity index (χ0n) is 57.3. The van der Waals surface area contributed by atoms with Crippen LogP contribution < -0.4 is 0 Å². The average molecular weight is 1300 g/mol. The Hall–Kier alpha value is -1.94. The number of carbonyl (C=O) groups is 4. The first-order chi connectivity index (χ1) is 42.1. The Balaban J connectivity index is 5.18. The zero-order chi connectivity index (χ0) is 65.4. The largest absolute Gasteiger partial charge is 0.472 e. The van der Waals surface area contributed by atoms with Gasteiger partial charge in [-0.2, -0.15) is 0 Å². The molecule has 19 heteroatoms. The number of unbranched alkanes of at least 4 members (excludes halogenated alkanes) is 31. The second-order valence-corrected chi connectivity index (χ2v) is 29.5. The molecule has 0 saturated carbocycles. The van der Waals surface area contributed by atoms with Crippen LogP contribution in [-0.2, 0) is 65.4 Å². The minimum Gasteiger partial charge on any atom is -0.462 e. The summed E-state index contributed by atoms with van der Waals surface area (Å²) in [6.07, 6.45) is 40.7. The lowest BCUT2D eigenvalue weighted by atomic mass is 10.00. The van der Waals surface area contributed by atoms with Crippen molar-refractivity contribution in [3.63, 3.8) is 0 Å². The molecule has 0 heterocycles. The van der Waals surface area contributed by atoms with Gasteiger partial charge in [-0.1, -0.05) is 287 Å². The molecule has 0 fully saturated rings. The first-order valence-electron chi connectivity index (χ1n) is 35.7. The molecule has 0 aromatic heterocycles. The van der Waals surface area contributed by atoms with Gasteiger partial charge in [0, 0.05) is 25.7 Å². The molecule has 0 radical (unpaired) electrons. The Labute approximate surface area is 537 Å². The van der Waals surface area contributed by atoms with Gasteiger partial charge in [-0.05, 0) is 49.4 Å². The fraction of sp³-hybridized carbons (Fsp3) is 0.942. The van der Waals surface area contributed by atoms with Crippen molar-refractivity contribution in [1.29, 1.82) is 0 Å². The highest BCUT2D eigenvalue weighted by Gasteiger charge is 2.30. The fourth-order valence-corrected chi connectivity index (χ4v) is 11.9. The Kier molecular flexibility index (Phi) is 57.6.